The second-order valence-electron chi connectivity index (χ2n) is 1.58. The molecule has 0 amide bonds. The third-order valence-electron chi connectivity index (χ3n) is 0.759. The molecule has 0 atom stereocenters. The summed E-state index contributed by atoms with van der Waals surface area (Å²) in [6, 6.07) is 3.04. The van der Waals surface area contributed by atoms with E-state index in [9.17, 15) is 8.78 Å². The molecule has 0 aliphatic rings. The molecule has 3 nitrogen and oxygen atoms in total. The van der Waals surface area contributed by atoms with Gasteiger partial charge in [0.25, 0.3) is 6.43 Å². The molecule has 0 unspecified atom stereocenters. The second-order valence-corrected chi connectivity index (χ2v) is 1.58. The Morgan fingerprint density at radius 3 is 2.36 bits per heavy atom. The number of rotatable bonds is 3. The van der Waals surface area contributed by atoms with Gasteiger partial charge in [0.05, 0.1) is 6.54 Å². The van der Waals surface area contributed by atoms with Gasteiger partial charge in [-0.1, -0.05) is 0 Å². The van der Waals surface area contributed by atoms with Crippen LogP contribution in [0.3, 0.4) is 0 Å². The lowest BCUT2D eigenvalue weighted by Gasteiger charge is -1.96. The molecule has 0 aromatic heterocycles. The Morgan fingerprint density at radius 1 is 1.45 bits per heavy atom. The van der Waals surface area contributed by atoms with Crippen LogP contribution in [0.1, 0.15) is 0 Å². The molecule has 0 aromatic rings. The number of halogens is 2. The first-order valence-electron chi connectivity index (χ1n) is 2.72. The highest BCUT2D eigenvalue weighted by molar-refractivity contribution is 5.34. The molecular weight excluding hydrogens is 152 g/mol. The van der Waals surface area contributed by atoms with Gasteiger partial charge in [-0.25, -0.2) is 8.78 Å². The quantitative estimate of drug-likeness (QED) is 0.615. The lowest BCUT2D eigenvalue weighted by molar-refractivity contribution is 0.150. The van der Waals surface area contributed by atoms with Crippen LogP contribution in [0.2, 0.25) is 0 Å². The maximum Gasteiger partial charge on any atom is 0.255 e. The predicted octanol–water partition coefficient (Wildman–Crippen LogP) is 0.772. The molecule has 0 aliphatic heterocycles. The number of nitriles is 2. The summed E-state index contributed by atoms with van der Waals surface area (Å²) in [5.41, 5.74) is -0.217. The standard InChI is InChI=1S/C6H5F2N3/c7-6(8)4-11-3-5(1-9)2-10/h3,6,11H,4H2. The van der Waals surface area contributed by atoms with E-state index in [1.54, 1.807) is 0 Å². The van der Waals surface area contributed by atoms with Gasteiger partial charge in [-0.2, -0.15) is 10.5 Å². The van der Waals surface area contributed by atoms with Gasteiger partial charge >= 0.3 is 0 Å². The topological polar surface area (TPSA) is 59.6 Å². The van der Waals surface area contributed by atoms with Crippen molar-refractivity contribution in [2.45, 2.75) is 6.43 Å². The molecule has 0 bridgehead atoms. The van der Waals surface area contributed by atoms with Crippen LogP contribution in [0.15, 0.2) is 11.8 Å². The van der Waals surface area contributed by atoms with E-state index in [4.69, 9.17) is 10.5 Å². The first-order valence-corrected chi connectivity index (χ1v) is 2.72. The zero-order valence-electron chi connectivity index (χ0n) is 5.51. The van der Waals surface area contributed by atoms with Gasteiger partial charge in [-0.05, 0) is 0 Å². The van der Waals surface area contributed by atoms with Crippen molar-refractivity contribution < 1.29 is 8.78 Å². The summed E-state index contributed by atoms with van der Waals surface area (Å²) in [5, 5.41) is 18.4. The van der Waals surface area contributed by atoms with E-state index in [2.05, 4.69) is 5.32 Å². The summed E-state index contributed by atoms with van der Waals surface area (Å²) in [6.45, 7) is -0.549. The fourth-order valence-corrected chi connectivity index (χ4v) is 0.340. The van der Waals surface area contributed by atoms with Crippen LogP contribution in [0.25, 0.3) is 0 Å². The van der Waals surface area contributed by atoms with Crippen LogP contribution < -0.4 is 5.32 Å². The monoisotopic (exact) mass is 157 g/mol. The Morgan fingerprint density at radius 2 is 2.00 bits per heavy atom. The molecule has 11 heavy (non-hydrogen) atoms. The second kappa shape index (κ2) is 5.19. The molecule has 0 aliphatic carbocycles. The number of hydrogen-bond acceptors (Lipinski definition) is 3. The van der Waals surface area contributed by atoms with Gasteiger partial charge in [0.2, 0.25) is 0 Å². The molecule has 0 spiro atoms. The van der Waals surface area contributed by atoms with E-state index in [0.717, 1.165) is 6.20 Å². The SMILES string of the molecule is N#CC(C#N)=CNCC(F)F. The van der Waals surface area contributed by atoms with Crippen molar-refractivity contribution >= 4 is 0 Å². The third kappa shape index (κ3) is 4.86. The third-order valence-corrected chi connectivity index (χ3v) is 0.759. The minimum absolute atomic E-state index is 0.217. The average Bonchev–Trinajstić information content (AvgIpc) is 1.98. The highest BCUT2D eigenvalue weighted by Gasteiger charge is 1.98. The maximum atomic E-state index is 11.4. The molecule has 0 saturated carbocycles. The van der Waals surface area contributed by atoms with Crippen LogP contribution in [-0.2, 0) is 0 Å². The summed E-state index contributed by atoms with van der Waals surface area (Å²) in [5.74, 6) is 0. The molecule has 0 radical (unpaired) electrons. The average molecular weight is 157 g/mol. The fraction of sp³-hybridized carbons (Fsp3) is 0.333. The van der Waals surface area contributed by atoms with E-state index >= 15 is 0 Å². The Bertz CT molecular complexity index is 205. The molecule has 1 N–H and O–H groups in total. The summed E-state index contributed by atoms with van der Waals surface area (Å²) < 4.78 is 22.9. The van der Waals surface area contributed by atoms with E-state index in [-0.39, 0.29) is 5.57 Å². The van der Waals surface area contributed by atoms with Crippen LogP contribution >= 0.6 is 0 Å². The number of hydrogen-bond donors (Lipinski definition) is 1. The van der Waals surface area contributed by atoms with Crippen molar-refractivity contribution in [3.63, 3.8) is 0 Å². The number of nitrogens with one attached hydrogen (secondary N) is 1. The first-order chi connectivity index (χ1) is 5.20. The van der Waals surface area contributed by atoms with Crippen molar-refractivity contribution in [2.24, 2.45) is 0 Å². The first kappa shape index (κ1) is 9.38. The minimum Gasteiger partial charge on any atom is -0.384 e. The van der Waals surface area contributed by atoms with Crippen LogP contribution in [0, 0.1) is 22.7 Å². The molecular formula is C6H5F2N3. The van der Waals surface area contributed by atoms with E-state index < -0.39 is 13.0 Å². The van der Waals surface area contributed by atoms with Gasteiger partial charge in [-0.15, -0.1) is 0 Å². The Hall–Kier alpha value is -1.62. The van der Waals surface area contributed by atoms with Gasteiger partial charge in [0.1, 0.15) is 17.7 Å². The molecule has 5 heteroatoms. The zero-order chi connectivity index (χ0) is 8.69. The smallest absolute Gasteiger partial charge is 0.255 e. The number of alkyl halides is 2. The zero-order valence-corrected chi connectivity index (χ0v) is 5.51. The Kier molecular flexibility index (Phi) is 4.42. The largest absolute Gasteiger partial charge is 0.384 e. The predicted molar refractivity (Wildman–Crippen MR) is 33.3 cm³/mol. The highest BCUT2D eigenvalue weighted by Crippen LogP contribution is 1.89. The van der Waals surface area contributed by atoms with Crippen LogP contribution in [0.5, 0.6) is 0 Å². The van der Waals surface area contributed by atoms with Crippen molar-refractivity contribution in [1.29, 1.82) is 10.5 Å². The van der Waals surface area contributed by atoms with Crippen molar-refractivity contribution in [1.82, 2.24) is 5.32 Å². The number of nitrogens with zero attached hydrogens (tertiary/aromatic N) is 2. The molecule has 58 valence electrons. The van der Waals surface area contributed by atoms with Gasteiger partial charge in [0, 0.05) is 6.20 Å². The van der Waals surface area contributed by atoms with Crippen LogP contribution in [0.4, 0.5) is 8.78 Å². The summed E-state index contributed by atoms with van der Waals surface area (Å²) in [6.07, 6.45) is -1.52. The van der Waals surface area contributed by atoms with E-state index in [0.29, 0.717) is 0 Å². The lowest BCUT2D eigenvalue weighted by Crippen LogP contribution is -2.15. The van der Waals surface area contributed by atoms with Crippen molar-refractivity contribution in [2.75, 3.05) is 6.54 Å². The summed E-state index contributed by atoms with van der Waals surface area (Å²) in [7, 11) is 0. The Balaban J connectivity index is 3.76. The van der Waals surface area contributed by atoms with E-state index in [1.807, 2.05) is 0 Å². The summed E-state index contributed by atoms with van der Waals surface area (Å²) in [4.78, 5) is 0. The molecule has 0 fully saturated rings. The maximum absolute atomic E-state index is 11.4. The normalized spacial score (nSPS) is 8.09. The van der Waals surface area contributed by atoms with Gasteiger partial charge < -0.3 is 5.32 Å². The summed E-state index contributed by atoms with van der Waals surface area (Å²) >= 11 is 0. The molecule has 0 heterocycles. The van der Waals surface area contributed by atoms with E-state index in [1.165, 1.54) is 12.1 Å². The fourth-order valence-electron chi connectivity index (χ4n) is 0.340. The van der Waals surface area contributed by atoms with Gasteiger partial charge in [0.15, 0.2) is 0 Å². The van der Waals surface area contributed by atoms with Crippen molar-refractivity contribution in [3.05, 3.63) is 11.8 Å². The van der Waals surface area contributed by atoms with Crippen LogP contribution in [-0.4, -0.2) is 13.0 Å². The molecule has 0 saturated heterocycles. The minimum atomic E-state index is -2.48. The number of allylic oxidation sites excluding steroid dienone is 1. The highest BCUT2D eigenvalue weighted by atomic mass is 19.3. The Labute approximate surface area is 62.5 Å². The lowest BCUT2D eigenvalue weighted by atomic mass is 10.3. The molecule has 0 rings (SSSR count). The van der Waals surface area contributed by atoms with Gasteiger partial charge in [-0.3, -0.25) is 0 Å². The molecule has 0 aromatic carbocycles. The van der Waals surface area contributed by atoms with Crippen molar-refractivity contribution in [3.8, 4) is 12.1 Å².